The van der Waals surface area contributed by atoms with Crippen LogP contribution in [0.15, 0.2) is 72.8 Å². The van der Waals surface area contributed by atoms with E-state index in [0.717, 1.165) is 101 Å². The first-order valence-electron chi connectivity index (χ1n) is 20.2. The van der Waals surface area contributed by atoms with Gasteiger partial charge in [0.15, 0.2) is 0 Å². The summed E-state index contributed by atoms with van der Waals surface area (Å²) in [6.07, 6.45) is 9.60. The Morgan fingerprint density at radius 1 is 0.491 bits per heavy atom. The van der Waals surface area contributed by atoms with Crippen LogP contribution in [0.4, 0.5) is 0 Å². The van der Waals surface area contributed by atoms with Gasteiger partial charge in [-0.15, -0.1) is 22.7 Å². The average molecular weight is 879 g/mol. The van der Waals surface area contributed by atoms with Gasteiger partial charge in [0.05, 0.1) is 11.7 Å². The van der Waals surface area contributed by atoms with Crippen molar-refractivity contribution in [1.29, 1.82) is 0 Å². The van der Waals surface area contributed by atoms with Crippen LogP contribution in [0, 0.1) is 11.8 Å². The highest BCUT2D eigenvalue weighted by atomic mass is 32.1. The number of unbranched alkanes of at least 4 members (excludes halogenated alkanes) is 2. The van der Waals surface area contributed by atoms with Gasteiger partial charge in [0, 0.05) is 66.0 Å². The average Bonchev–Trinajstić information content (AvgIpc) is 4.09. The molecule has 2 atom stereocenters. The zero-order chi connectivity index (χ0) is 39.8. The monoisotopic (exact) mass is 878 g/mol. The quantitative estimate of drug-likeness (QED) is 0.0889. The Hall–Kier alpha value is -3.16. The van der Waals surface area contributed by atoms with Crippen molar-refractivity contribution in [3.63, 3.8) is 0 Å². The van der Waals surface area contributed by atoms with E-state index in [1.807, 2.05) is 0 Å². The number of aromatic nitrogens is 2. The highest BCUT2D eigenvalue weighted by Crippen LogP contribution is 2.44. The van der Waals surface area contributed by atoms with E-state index in [-0.39, 0.29) is 0 Å². The predicted molar refractivity (Wildman–Crippen MR) is 262 cm³/mol. The lowest BCUT2D eigenvalue weighted by Crippen LogP contribution is -2.33. The topological polar surface area (TPSA) is 32.3 Å². The lowest BCUT2D eigenvalue weighted by Gasteiger charge is -2.24. The van der Waals surface area contributed by atoms with Gasteiger partial charge in [-0.25, -0.2) is 0 Å². The van der Waals surface area contributed by atoms with Crippen molar-refractivity contribution in [2.24, 2.45) is 11.8 Å². The van der Waals surface area contributed by atoms with Crippen molar-refractivity contribution in [1.82, 2.24) is 18.5 Å². The van der Waals surface area contributed by atoms with Gasteiger partial charge in [-0.2, -0.15) is 8.75 Å². The molecule has 4 nitrogen and oxygen atoms in total. The second-order valence-corrected chi connectivity index (χ2v) is 19.5. The van der Waals surface area contributed by atoms with Crippen LogP contribution in [-0.4, -0.2) is 51.6 Å². The van der Waals surface area contributed by atoms with Gasteiger partial charge in [0.2, 0.25) is 0 Å². The molecule has 0 amide bonds. The molecule has 292 valence electrons. The van der Waals surface area contributed by atoms with Crippen LogP contribution in [0.3, 0.4) is 0 Å². The van der Waals surface area contributed by atoms with E-state index in [1.165, 1.54) is 69.8 Å². The first-order chi connectivity index (χ1) is 27.7. The minimum Gasteiger partial charge on any atom is -0.322 e. The van der Waals surface area contributed by atoms with Gasteiger partial charge in [0.1, 0.15) is 31.0 Å². The maximum absolute atomic E-state index is 6.04. The molecule has 0 saturated carbocycles. The van der Waals surface area contributed by atoms with Crippen molar-refractivity contribution in [2.45, 2.75) is 79.1 Å². The number of nitrogens with zero attached hydrogens (tertiary/aromatic N) is 4. The van der Waals surface area contributed by atoms with Gasteiger partial charge in [-0.1, -0.05) is 151 Å². The highest BCUT2D eigenvalue weighted by molar-refractivity contribution is 7.83. The molecule has 2 unspecified atom stereocenters. The fraction of sp³-hybridized carbons (Fsp3) is 0.348. The second kappa shape index (κ2) is 17.6. The van der Waals surface area contributed by atoms with Gasteiger partial charge in [-0.05, 0) is 72.2 Å². The Labute approximate surface area is 370 Å². The highest BCUT2D eigenvalue weighted by Gasteiger charge is 2.32. The number of hydrogen-bond donors (Lipinski definition) is 0. The van der Waals surface area contributed by atoms with Crippen LogP contribution in [0.25, 0.3) is 52.8 Å². The minimum absolute atomic E-state index is 0.592. The van der Waals surface area contributed by atoms with Crippen LogP contribution < -0.4 is 0 Å². The maximum Gasteiger partial charge on any atom is 0.115 e. The summed E-state index contributed by atoms with van der Waals surface area (Å²) in [6.45, 7) is 10.9. The van der Waals surface area contributed by atoms with E-state index < -0.39 is 0 Å². The summed E-state index contributed by atoms with van der Waals surface area (Å²) in [4.78, 5) is 12.6. The zero-order valence-corrected chi connectivity index (χ0v) is 38.5. The van der Waals surface area contributed by atoms with Crippen LogP contribution in [0.2, 0.25) is 0 Å². The van der Waals surface area contributed by atoms with Crippen LogP contribution >= 0.6 is 83.3 Å². The summed E-state index contributed by atoms with van der Waals surface area (Å²) < 4.78 is 9.66. The molecule has 0 N–H and O–H groups in total. The third-order valence-corrected chi connectivity index (χ3v) is 16.3. The number of thiocarbonyl (C=S) groups is 4. The molecule has 6 aromatic rings. The standard InChI is InChI=1S/C46H46N4S7/c1-5-9-11-27(7-3)25-49-43(51)31-15-13-29(23-35(31)45(49)53)37-19-21-39(55-37)33-17-18-34(42-41(33)47-57-48-42)40-22-20-38(56-40)30-14-16-32-36(24-30)46(54)50(44(32)52)26-28(8-4)12-10-6-2/h13-24,27-28H,5-12,25-26H2,1-4H3. The molecular weight excluding hydrogens is 833 g/mol. The molecule has 0 fully saturated rings. The fourth-order valence-corrected chi connectivity index (χ4v) is 12.2. The van der Waals surface area contributed by atoms with Crippen molar-refractivity contribution in [2.75, 3.05) is 13.1 Å². The maximum atomic E-state index is 6.04. The third kappa shape index (κ3) is 7.86. The van der Waals surface area contributed by atoms with E-state index in [9.17, 15) is 0 Å². The molecule has 0 bridgehead atoms. The van der Waals surface area contributed by atoms with E-state index >= 15 is 0 Å². The van der Waals surface area contributed by atoms with Gasteiger partial charge in [0.25, 0.3) is 0 Å². The van der Waals surface area contributed by atoms with Crippen LogP contribution in [0.5, 0.6) is 0 Å². The molecule has 3 aromatic heterocycles. The van der Waals surface area contributed by atoms with Crippen LogP contribution in [-0.2, 0) is 0 Å². The zero-order valence-electron chi connectivity index (χ0n) is 32.8. The first kappa shape index (κ1) is 40.6. The lowest BCUT2D eigenvalue weighted by atomic mass is 9.99. The molecule has 0 radical (unpaired) electrons. The molecular formula is C46H46N4S7. The van der Waals surface area contributed by atoms with Gasteiger partial charge >= 0.3 is 0 Å². The number of benzene rings is 3. The first-order valence-corrected chi connectivity index (χ1v) is 24.2. The van der Waals surface area contributed by atoms with E-state index in [2.05, 4.69) is 110 Å². The molecule has 3 aromatic carbocycles. The van der Waals surface area contributed by atoms with E-state index in [0.29, 0.717) is 11.8 Å². The van der Waals surface area contributed by atoms with Crippen molar-refractivity contribution < 1.29 is 0 Å². The van der Waals surface area contributed by atoms with Crippen molar-refractivity contribution in [3.8, 4) is 41.8 Å². The third-order valence-electron chi connectivity index (χ3n) is 11.6. The summed E-state index contributed by atoms with van der Waals surface area (Å²) in [5, 5.41) is 0. The Balaban J connectivity index is 1.01. The molecule has 0 aliphatic carbocycles. The summed E-state index contributed by atoms with van der Waals surface area (Å²) in [6, 6.07) is 26.4. The van der Waals surface area contributed by atoms with Gasteiger partial charge < -0.3 is 9.80 Å². The molecule has 0 saturated heterocycles. The normalized spacial score (nSPS) is 14.9. The number of hydrogen-bond acceptors (Lipinski definition) is 9. The summed E-state index contributed by atoms with van der Waals surface area (Å²) in [7, 11) is 0. The van der Waals surface area contributed by atoms with Crippen LogP contribution in [0.1, 0.15) is 101 Å². The van der Waals surface area contributed by atoms with Crippen molar-refractivity contribution in [3.05, 3.63) is 95.1 Å². The Morgan fingerprint density at radius 3 is 1.28 bits per heavy atom. The second-order valence-electron chi connectivity index (χ2n) is 15.2. The SMILES string of the molecule is CCCCC(CC)CN1C(=S)c2ccc(-c3ccc(-c4ccc(-c5ccc(-c6ccc7c(c6)C(=S)N(CC(CC)CCCC)C7=S)s5)c5nsnc45)s3)cc2C1=S. The Kier molecular flexibility index (Phi) is 12.5. The molecule has 11 heteroatoms. The van der Waals surface area contributed by atoms with E-state index in [4.69, 9.17) is 57.6 Å². The Morgan fingerprint density at radius 2 is 0.877 bits per heavy atom. The molecule has 8 rings (SSSR count). The lowest BCUT2D eigenvalue weighted by molar-refractivity contribution is 0.391. The number of rotatable bonds is 16. The fourth-order valence-electron chi connectivity index (χ4n) is 8.11. The largest absolute Gasteiger partial charge is 0.322 e. The smallest absolute Gasteiger partial charge is 0.115 e. The Bertz CT molecular complexity index is 2340. The summed E-state index contributed by atoms with van der Waals surface area (Å²) >= 11 is 28.8. The van der Waals surface area contributed by atoms with E-state index in [1.54, 1.807) is 22.7 Å². The van der Waals surface area contributed by atoms with Gasteiger partial charge in [-0.3, -0.25) is 0 Å². The molecule has 5 heterocycles. The molecule has 2 aliphatic rings. The minimum atomic E-state index is 0.592. The molecule has 2 aliphatic heterocycles. The predicted octanol–water partition coefficient (Wildman–Crippen LogP) is 14.2. The van der Waals surface area contributed by atoms with Crippen molar-refractivity contribution >= 4 is 114 Å². The number of thiophene rings is 2. The summed E-state index contributed by atoms with van der Waals surface area (Å²) in [5.41, 5.74) is 10.7. The summed E-state index contributed by atoms with van der Waals surface area (Å²) in [5.74, 6) is 1.18. The molecule has 57 heavy (non-hydrogen) atoms. The molecule has 0 spiro atoms. The number of fused-ring (bicyclic) bond motifs is 3.